The van der Waals surface area contributed by atoms with Crippen molar-refractivity contribution in [1.82, 2.24) is 0 Å². The summed E-state index contributed by atoms with van der Waals surface area (Å²) in [6.07, 6.45) is 8.74. The monoisotopic (exact) mass is 408 g/mol. The van der Waals surface area contributed by atoms with Gasteiger partial charge in [0.2, 0.25) is 0 Å². The second kappa shape index (κ2) is 7.58. The zero-order valence-electron chi connectivity index (χ0n) is 11.4. The first-order chi connectivity index (χ1) is 9.11. The fourth-order valence-corrected chi connectivity index (χ4v) is 5.20. The van der Waals surface area contributed by atoms with Crippen molar-refractivity contribution in [3.63, 3.8) is 0 Å². The summed E-state index contributed by atoms with van der Waals surface area (Å²) >= 11 is 8.66. The van der Waals surface area contributed by atoms with E-state index >= 15 is 0 Å². The summed E-state index contributed by atoms with van der Waals surface area (Å²) in [5.41, 5.74) is 0. The van der Waals surface area contributed by atoms with Gasteiger partial charge >= 0.3 is 0 Å². The van der Waals surface area contributed by atoms with Crippen molar-refractivity contribution < 1.29 is 5.11 Å². The number of unbranched alkanes of at least 4 members (excludes halogenated alkanes) is 1. The van der Waals surface area contributed by atoms with Crippen LogP contribution in [-0.4, -0.2) is 5.11 Å². The number of hydrogen-bond acceptors (Lipinski definition) is 2. The van der Waals surface area contributed by atoms with Gasteiger partial charge in [-0.1, -0.05) is 39.0 Å². The van der Waals surface area contributed by atoms with Crippen LogP contribution in [0.25, 0.3) is 0 Å². The van der Waals surface area contributed by atoms with Gasteiger partial charge in [0, 0.05) is 9.35 Å². The average Bonchev–Trinajstić information content (AvgIpc) is 2.76. The Kier molecular flexibility index (Phi) is 6.38. The van der Waals surface area contributed by atoms with E-state index in [0.717, 1.165) is 19.1 Å². The molecule has 0 saturated heterocycles. The molecular formula is C15H22Br2OS. The number of hydrogen-bond donors (Lipinski definition) is 1. The lowest BCUT2D eigenvalue weighted by atomic mass is 9.77. The SMILES string of the molecule is CCCCC1CCC(C(O)c2cc(Br)c(Br)s2)CC1. The van der Waals surface area contributed by atoms with Gasteiger partial charge in [0.25, 0.3) is 0 Å². The number of thiophene rings is 1. The van der Waals surface area contributed by atoms with Crippen LogP contribution in [-0.2, 0) is 0 Å². The maximum absolute atomic E-state index is 10.5. The molecule has 2 rings (SSSR count). The summed E-state index contributed by atoms with van der Waals surface area (Å²) < 4.78 is 2.14. The van der Waals surface area contributed by atoms with Crippen molar-refractivity contribution in [3.8, 4) is 0 Å². The highest BCUT2D eigenvalue weighted by Gasteiger charge is 2.28. The van der Waals surface area contributed by atoms with E-state index in [-0.39, 0.29) is 6.10 Å². The van der Waals surface area contributed by atoms with Crippen LogP contribution in [0, 0.1) is 11.8 Å². The van der Waals surface area contributed by atoms with Gasteiger partial charge in [-0.2, -0.15) is 0 Å². The standard InChI is InChI=1S/C15H22Br2OS/c1-2-3-4-10-5-7-11(8-6-10)14(18)13-9-12(16)15(17)19-13/h9-11,14,18H,2-8H2,1H3. The summed E-state index contributed by atoms with van der Waals surface area (Å²) in [6.45, 7) is 2.27. The number of aliphatic hydroxyl groups is 1. The lowest BCUT2D eigenvalue weighted by molar-refractivity contribution is 0.0747. The van der Waals surface area contributed by atoms with Gasteiger partial charge in [0.15, 0.2) is 0 Å². The van der Waals surface area contributed by atoms with E-state index in [9.17, 15) is 5.11 Å². The van der Waals surface area contributed by atoms with Crippen LogP contribution in [0.15, 0.2) is 14.3 Å². The molecule has 0 radical (unpaired) electrons. The molecule has 0 aliphatic heterocycles. The van der Waals surface area contributed by atoms with Gasteiger partial charge in [-0.15, -0.1) is 11.3 Å². The summed E-state index contributed by atoms with van der Waals surface area (Å²) in [7, 11) is 0. The third kappa shape index (κ3) is 4.29. The van der Waals surface area contributed by atoms with Crippen molar-refractivity contribution in [2.45, 2.75) is 58.0 Å². The van der Waals surface area contributed by atoms with Crippen LogP contribution < -0.4 is 0 Å². The highest BCUT2D eigenvalue weighted by Crippen LogP contribution is 2.43. The topological polar surface area (TPSA) is 20.2 Å². The van der Waals surface area contributed by atoms with Gasteiger partial charge in [-0.3, -0.25) is 0 Å². The van der Waals surface area contributed by atoms with Crippen LogP contribution >= 0.6 is 43.2 Å². The van der Waals surface area contributed by atoms with Crippen molar-refractivity contribution >= 4 is 43.2 Å². The molecule has 0 spiro atoms. The van der Waals surface area contributed by atoms with Gasteiger partial charge < -0.3 is 5.11 Å². The van der Waals surface area contributed by atoms with E-state index in [1.54, 1.807) is 11.3 Å². The molecule has 1 atom stereocenters. The van der Waals surface area contributed by atoms with Gasteiger partial charge in [0.05, 0.1) is 9.89 Å². The molecule has 0 aromatic carbocycles. The minimum Gasteiger partial charge on any atom is -0.387 e. The van der Waals surface area contributed by atoms with Crippen molar-refractivity contribution in [2.75, 3.05) is 0 Å². The Morgan fingerprint density at radius 1 is 1.32 bits per heavy atom. The van der Waals surface area contributed by atoms with E-state index in [1.807, 2.05) is 0 Å². The third-order valence-corrected chi connectivity index (χ3v) is 7.59. The molecule has 1 unspecified atom stereocenters. The fourth-order valence-electron chi connectivity index (χ4n) is 3.03. The molecular weight excluding hydrogens is 388 g/mol. The summed E-state index contributed by atoms with van der Waals surface area (Å²) in [6, 6.07) is 2.06. The summed E-state index contributed by atoms with van der Waals surface area (Å²) in [4.78, 5) is 1.09. The normalized spacial score (nSPS) is 25.5. The molecule has 1 aromatic heterocycles. The third-order valence-electron chi connectivity index (χ3n) is 4.26. The van der Waals surface area contributed by atoms with Crippen LogP contribution in [0.4, 0.5) is 0 Å². The number of aliphatic hydroxyl groups excluding tert-OH is 1. The molecule has 0 bridgehead atoms. The summed E-state index contributed by atoms with van der Waals surface area (Å²) in [5, 5.41) is 10.5. The van der Waals surface area contributed by atoms with Crippen LogP contribution in [0.5, 0.6) is 0 Å². The molecule has 1 aliphatic carbocycles. The van der Waals surface area contributed by atoms with E-state index in [2.05, 4.69) is 44.8 Å². The molecule has 1 fully saturated rings. The molecule has 1 heterocycles. The average molecular weight is 410 g/mol. The number of halogens is 2. The lowest BCUT2D eigenvalue weighted by Gasteiger charge is -2.31. The van der Waals surface area contributed by atoms with E-state index < -0.39 is 0 Å². The first kappa shape index (κ1) is 16.0. The Balaban J connectivity index is 1.87. The maximum atomic E-state index is 10.5. The molecule has 1 nitrogen and oxygen atoms in total. The van der Waals surface area contributed by atoms with Crippen molar-refractivity contribution in [3.05, 3.63) is 19.2 Å². The van der Waals surface area contributed by atoms with E-state index in [4.69, 9.17) is 0 Å². The zero-order valence-corrected chi connectivity index (χ0v) is 15.4. The fraction of sp³-hybridized carbons (Fsp3) is 0.733. The Morgan fingerprint density at radius 3 is 2.53 bits per heavy atom. The Morgan fingerprint density at radius 2 is 2.00 bits per heavy atom. The second-order valence-corrected chi connectivity index (χ2v) is 8.89. The van der Waals surface area contributed by atoms with Crippen molar-refractivity contribution in [2.24, 2.45) is 11.8 Å². The molecule has 1 saturated carbocycles. The van der Waals surface area contributed by atoms with Gasteiger partial charge in [-0.05, 0) is 62.6 Å². The van der Waals surface area contributed by atoms with Crippen LogP contribution in [0.1, 0.15) is 62.9 Å². The molecule has 1 N–H and O–H groups in total. The predicted molar refractivity (Wildman–Crippen MR) is 89.7 cm³/mol. The first-order valence-corrected chi connectivity index (χ1v) is 9.64. The molecule has 108 valence electrons. The Labute approximate surface area is 137 Å². The molecule has 19 heavy (non-hydrogen) atoms. The molecule has 1 aliphatic rings. The quantitative estimate of drug-likeness (QED) is 0.604. The second-order valence-electron chi connectivity index (χ2n) is 5.64. The number of rotatable bonds is 5. The Bertz CT molecular complexity index is 377. The smallest absolute Gasteiger partial charge is 0.0910 e. The minimum absolute atomic E-state index is 0.278. The van der Waals surface area contributed by atoms with Crippen LogP contribution in [0.3, 0.4) is 0 Å². The predicted octanol–water partition coefficient (Wildman–Crippen LogP) is 6.30. The van der Waals surface area contributed by atoms with Crippen molar-refractivity contribution in [1.29, 1.82) is 0 Å². The highest BCUT2D eigenvalue weighted by atomic mass is 79.9. The summed E-state index contributed by atoms with van der Waals surface area (Å²) in [5.74, 6) is 1.36. The molecule has 1 aromatic rings. The lowest BCUT2D eigenvalue weighted by Crippen LogP contribution is -2.20. The zero-order chi connectivity index (χ0) is 13.8. The largest absolute Gasteiger partial charge is 0.387 e. The van der Waals surface area contributed by atoms with Gasteiger partial charge in [-0.25, -0.2) is 0 Å². The van der Waals surface area contributed by atoms with Crippen LogP contribution in [0.2, 0.25) is 0 Å². The van der Waals surface area contributed by atoms with E-state index in [1.165, 1.54) is 44.9 Å². The van der Waals surface area contributed by atoms with Gasteiger partial charge in [0.1, 0.15) is 0 Å². The highest BCUT2D eigenvalue weighted by molar-refractivity contribution is 9.13. The first-order valence-electron chi connectivity index (χ1n) is 7.24. The minimum atomic E-state index is -0.278. The van der Waals surface area contributed by atoms with E-state index in [0.29, 0.717) is 5.92 Å². The molecule has 4 heteroatoms. The maximum Gasteiger partial charge on any atom is 0.0910 e. The Hall–Kier alpha value is 0.620. The molecule has 0 amide bonds.